The average molecular weight is 443 g/mol. The maximum absolute atomic E-state index is 12.0. The van der Waals surface area contributed by atoms with Crippen molar-refractivity contribution < 1.29 is 14.3 Å². The van der Waals surface area contributed by atoms with Crippen molar-refractivity contribution in [3.05, 3.63) is 47.3 Å². The summed E-state index contributed by atoms with van der Waals surface area (Å²) in [5.74, 6) is 0.184. The molecule has 0 saturated heterocycles. The second-order valence-corrected chi connectivity index (χ2v) is 7.70. The Morgan fingerprint density at radius 3 is 2.73 bits per heavy atom. The lowest BCUT2D eigenvalue weighted by Gasteiger charge is -2.09. The molecular weight excluding hydrogens is 424 g/mol. The Kier molecular flexibility index (Phi) is 7.42. The van der Waals surface area contributed by atoms with Crippen molar-refractivity contribution in [3.8, 4) is 22.5 Å². The number of thiophene rings is 1. The van der Waals surface area contributed by atoms with Crippen LogP contribution in [0.1, 0.15) is 12.5 Å². The van der Waals surface area contributed by atoms with E-state index in [9.17, 15) is 9.59 Å². The van der Waals surface area contributed by atoms with Gasteiger partial charge in [0.15, 0.2) is 17.6 Å². The largest absolute Gasteiger partial charge is 0.482 e. The first-order valence-electron chi connectivity index (χ1n) is 8.91. The van der Waals surface area contributed by atoms with Gasteiger partial charge in [0.25, 0.3) is 5.91 Å². The highest BCUT2D eigenvalue weighted by molar-refractivity contribution is 7.99. The molecule has 2 aromatic heterocycles. The summed E-state index contributed by atoms with van der Waals surface area (Å²) < 4.78 is 7.24. The van der Waals surface area contributed by atoms with E-state index >= 15 is 0 Å². The van der Waals surface area contributed by atoms with Crippen LogP contribution in [0.25, 0.3) is 10.7 Å². The lowest BCUT2D eigenvalue weighted by molar-refractivity contribution is -0.128. The molecule has 3 rings (SSSR count). The minimum Gasteiger partial charge on any atom is -0.482 e. The lowest BCUT2D eigenvalue weighted by atomic mass is 10.2. The maximum Gasteiger partial charge on any atom is 0.276 e. The minimum absolute atomic E-state index is 0.0565. The molecule has 0 saturated carbocycles. The van der Waals surface area contributed by atoms with Crippen LogP contribution >= 0.6 is 23.1 Å². The van der Waals surface area contributed by atoms with Crippen molar-refractivity contribution in [1.29, 1.82) is 5.26 Å². The molecule has 30 heavy (non-hydrogen) atoms. The number of para-hydroxylation sites is 1. The number of nitriles is 1. The van der Waals surface area contributed by atoms with Gasteiger partial charge >= 0.3 is 0 Å². The van der Waals surface area contributed by atoms with Gasteiger partial charge in [0.05, 0.1) is 16.2 Å². The van der Waals surface area contributed by atoms with E-state index in [4.69, 9.17) is 10.00 Å². The predicted octanol–water partition coefficient (Wildman–Crippen LogP) is 2.22. The highest BCUT2D eigenvalue weighted by Gasteiger charge is 2.15. The number of carbonyl (C=O) groups excluding carboxylic acids is 2. The summed E-state index contributed by atoms with van der Waals surface area (Å²) in [4.78, 5) is 24.9. The van der Waals surface area contributed by atoms with Crippen LogP contribution in [0.15, 0.2) is 46.9 Å². The summed E-state index contributed by atoms with van der Waals surface area (Å²) in [7, 11) is 0. The fraction of sp³-hybridized carbons (Fsp3) is 0.211. The zero-order valence-electron chi connectivity index (χ0n) is 16.0. The number of benzene rings is 1. The molecule has 11 heteroatoms. The molecule has 0 bridgehead atoms. The SMILES string of the molecule is CCn1c(SCC(=O)NNC(=O)COc2ccccc2C#N)nnc1-c1cccs1. The van der Waals surface area contributed by atoms with Crippen LogP contribution in [-0.2, 0) is 16.1 Å². The van der Waals surface area contributed by atoms with Gasteiger partial charge in [0.2, 0.25) is 5.91 Å². The Bertz CT molecular complexity index is 1060. The van der Waals surface area contributed by atoms with Gasteiger partial charge in [-0.3, -0.25) is 20.4 Å². The molecule has 9 nitrogen and oxygen atoms in total. The quantitative estimate of drug-likeness (QED) is 0.405. The Morgan fingerprint density at radius 1 is 1.20 bits per heavy atom. The molecule has 0 spiro atoms. The number of rotatable bonds is 8. The number of nitrogens with one attached hydrogen (secondary N) is 2. The molecule has 0 radical (unpaired) electrons. The van der Waals surface area contributed by atoms with E-state index in [1.807, 2.05) is 35.1 Å². The molecule has 0 atom stereocenters. The van der Waals surface area contributed by atoms with Crippen molar-refractivity contribution in [1.82, 2.24) is 25.6 Å². The standard InChI is InChI=1S/C19H18N6O3S2/c1-2-25-18(15-8-5-9-29-15)23-24-19(25)30-12-17(27)22-21-16(26)11-28-14-7-4-3-6-13(14)10-20/h3-9H,2,11-12H2,1H3,(H,21,26)(H,22,27). The predicted molar refractivity (Wildman–Crippen MR) is 113 cm³/mol. The molecule has 2 heterocycles. The zero-order chi connectivity index (χ0) is 21.3. The summed E-state index contributed by atoms with van der Waals surface area (Å²) in [5, 5.41) is 20.0. The van der Waals surface area contributed by atoms with Crippen LogP contribution in [0.2, 0.25) is 0 Å². The number of hydrogen-bond acceptors (Lipinski definition) is 8. The van der Waals surface area contributed by atoms with Crippen LogP contribution in [0.5, 0.6) is 5.75 Å². The molecule has 0 aliphatic rings. The van der Waals surface area contributed by atoms with Gasteiger partial charge in [0.1, 0.15) is 11.8 Å². The molecule has 1 aromatic carbocycles. The van der Waals surface area contributed by atoms with Crippen LogP contribution in [0.3, 0.4) is 0 Å². The Balaban J connectivity index is 1.45. The Labute approximate surface area is 181 Å². The second kappa shape index (κ2) is 10.4. The Hall–Kier alpha value is -3.36. The number of ether oxygens (including phenoxy) is 1. The first-order chi connectivity index (χ1) is 14.6. The molecular formula is C19H18N6O3S2. The van der Waals surface area contributed by atoms with Crippen molar-refractivity contribution >= 4 is 34.9 Å². The van der Waals surface area contributed by atoms with Gasteiger partial charge in [-0.2, -0.15) is 5.26 Å². The molecule has 0 unspecified atom stereocenters. The van der Waals surface area contributed by atoms with Crippen LogP contribution in [0.4, 0.5) is 0 Å². The summed E-state index contributed by atoms with van der Waals surface area (Å²) in [6, 6.07) is 12.5. The van der Waals surface area contributed by atoms with Crippen molar-refractivity contribution in [2.75, 3.05) is 12.4 Å². The van der Waals surface area contributed by atoms with Gasteiger partial charge in [-0.15, -0.1) is 21.5 Å². The summed E-state index contributed by atoms with van der Waals surface area (Å²) in [6.07, 6.45) is 0. The number of carbonyl (C=O) groups is 2. The highest BCUT2D eigenvalue weighted by Crippen LogP contribution is 2.26. The molecule has 154 valence electrons. The van der Waals surface area contributed by atoms with Gasteiger partial charge in [-0.1, -0.05) is 30.0 Å². The molecule has 2 amide bonds. The van der Waals surface area contributed by atoms with E-state index in [0.29, 0.717) is 23.0 Å². The summed E-state index contributed by atoms with van der Waals surface area (Å²) in [6.45, 7) is 2.32. The van der Waals surface area contributed by atoms with Crippen LogP contribution in [0, 0.1) is 11.3 Å². The number of nitrogens with zero attached hydrogens (tertiary/aromatic N) is 4. The monoisotopic (exact) mass is 442 g/mol. The maximum atomic E-state index is 12.0. The summed E-state index contributed by atoms with van der Waals surface area (Å²) >= 11 is 2.80. The zero-order valence-corrected chi connectivity index (χ0v) is 17.6. The van der Waals surface area contributed by atoms with Crippen molar-refractivity contribution in [2.45, 2.75) is 18.6 Å². The van der Waals surface area contributed by atoms with Crippen molar-refractivity contribution in [3.63, 3.8) is 0 Å². The van der Waals surface area contributed by atoms with Crippen molar-refractivity contribution in [2.24, 2.45) is 0 Å². The molecule has 0 fully saturated rings. The summed E-state index contributed by atoms with van der Waals surface area (Å²) in [5.41, 5.74) is 4.94. The van der Waals surface area contributed by atoms with E-state index in [1.165, 1.54) is 11.8 Å². The Morgan fingerprint density at radius 2 is 2.00 bits per heavy atom. The van der Waals surface area contributed by atoms with E-state index in [0.717, 1.165) is 10.7 Å². The molecule has 0 aliphatic carbocycles. The number of hydrogen-bond donors (Lipinski definition) is 2. The van der Waals surface area contributed by atoms with Crippen LogP contribution < -0.4 is 15.6 Å². The minimum atomic E-state index is -0.544. The van der Waals surface area contributed by atoms with E-state index in [2.05, 4.69) is 21.0 Å². The normalized spacial score (nSPS) is 10.3. The number of amides is 2. The van der Waals surface area contributed by atoms with Gasteiger partial charge in [-0.05, 0) is 30.5 Å². The van der Waals surface area contributed by atoms with E-state index in [-0.39, 0.29) is 12.4 Å². The number of thioether (sulfide) groups is 1. The average Bonchev–Trinajstić information content (AvgIpc) is 3.44. The number of hydrazine groups is 1. The first kappa shape index (κ1) is 21.4. The third kappa shape index (κ3) is 5.37. The molecule has 3 aromatic rings. The fourth-order valence-corrected chi connectivity index (χ4v) is 3.96. The second-order valence-electron chi connectivity index (χ2n) is 5.81. The van der Waals surface area contributed by atoms with Gasteiger partial charge in [-0.25, -0.2) is 0 Å². The van der Waals surface area contributed by atoms with Crippen LogP contribution in [-0.4, -0.2) is 38.9 Å². The van der Waals surface area contributed by atoms with Gasteiger partial charge in [0, 0.05) is 6.54 Å². The molecule has 0 aliphatic heterocycles. The topological polar surface area (TPSA) is 122 Å². The highest BCUT2D eigenvalue weighted by atomic mass is 32.2. The smallest absolute Gasteiger partial charge is 0.276 e. The first-order valence-corrected chi connectivity index (χ1v) is 10.8. The lowest BCUT2D eigenvalue weighted by Crippen LogP contribution is -2.44. The van der Waals surface area contributed by atoms with Gasteiger partial charge < -0.3 is 9.30 Å². The van der Waals surface area contributed by atoms with E-state index in [1.54, 1.807) is 35.6 Å². The fourth-order valence-electron chi connectivity index (χ4n) is 2.44. The number of aromatic nitrogens is 3. The molecule has 2 N–H and O–H groups in total. The van der Waals surface area contributed by atoms with E-state index < -0.39 is 11.8 Å². The third-order valence-corrected chi connectivity index (χ3v) is 5.65. The third-order valence-electron chi connectivity index (χ3n) is 3.81.